The third-order valence-corrected chi connectivity index (χ3v) is 2.64. The van der Waals surface area contributed by atoms with Crippen LogP contribution in [0.5, 0.6) is 0 Å². The maximum absolute atomic E-state index is 9.84. The number of hydrogen-bond acceptors (Lipinski definition) is 5. The van der Waals surface area contributed by atoms with Crippen molar-refractivity contribution in [1.29, 1.82) is 0 Å². The molecule has 0 aliphatic rings. The Morgan fingerprint density at radius 1 is 1.56 bits per heavy atom. The van der Waals surface area contributed by atoms with E-state index in [0.717, 1.165) is 0 Å². The highest BCUT2D eigenvalue weighted by Gasteiger charge is 2.18. The minimum absolute atomic E-state index is 0.392. The lowest BCUT2D eigenvalue weighted by molar-refractivity contribution is 0.0696. The molecule has 1 unspecified atom stereocenters. The van der Waals surface area contributed by atoms with E-state index >= 15 is 0 Å². The van der Waals surface area contributed by atoms with Gasteiger partial charge >= 0.3 is 0 Å². The Morgan fingerprint density at radius 2 is 2.25 bits per heavy atom. The van der Waals surface area contributed by atoms with E-state index < -0.39 is 5.60 Å². The third kappa shape index (κ3) is 3.50. The molecule has 0 aliphatic heterocycles. The number of halogens is 1. The first kappa shape index (κ1) is 13.0. The lowest BCUT2D eigenvalue weighted by Gasteiger charge is -2.22. The van der Waals surface area contributed by atoms with E-state index in [-0.39, 0.29) is 0 Å². The number of nitrogens with one attached hydrogen (secondary N) is 2. The standard InChI is InChI=1S/C10H17ClN4O/c1-4-10(2,16)6-14-8-7(11)5-13-9(12-3)15-8/h5,16H,4,6H2,1-3H3,(H2,12,13,14,15). The summed E-state index contributed by atoms with van der Waals surface area (Å²) >= 11 is 5.93. The second-order valence-corrected chi connectivity index (χ2v) is 4.25. The van der Waals surface area contributed by atoms with Crippen molar-refractivity contribution in [2.45, 2.75) is 25.9 Å². The SMILES string of the molecule is CCC(C)(O)CNc1nc(NC)ncc1Cl. The molecule has 16 heavy (non-hydrogen) atoms. The molecular formula is C10H17ClN4O. The fourth-order valence-corrected chi connectivity index (χ4v) is 1.17. The molecule has 5 nitrogen and oxygen atoms in total. The average Bonchev–Trinajstić information content (AvgIpc) is 2.28. The first-order valence-electron chi connectivity index (χ1n) is 5.15. The molecule has 90 valence electrons. The fraction of sp³-hybridized carbons (Fsp3) is 0.600. The van der Waals surface area contributed by atoms with E-state index in [1.165, 1.54) is 6.20 Å². The molecule has 0 saturated carbocycles. The number of hydrogen-bond donors (Lipinski definition) is 3. The summed E-state index contributed by atoms with van der Waals surface area (Å²) in [6.45, 7) is 4.07. The maximum atomic E-state index is 9.84. The molecule has 0 radical (unpaired) electrons. The van der Waals surface area contributed by atoms with E-state index in [1.54, 1.807) is 14.0 Å². The van der Waals surface area contributed by atoms with Crippen LogP contribution in [0.3, 0.4) is 0 Å². The van der Waals surface area contributed by atoms with Gasteiger partial charge in [0.1, 0.15) is 5.02 Å². The predicted molar refractivity (Wildman–Crippen MR) is 66.0 cm³/mol. The van der Waals surface area contributed by atoms with Crippen LogP contribution in [0.4, 0.5) is 11.8 Å². The summed E-state index contributed by atoms with van der Waals surface area (Å²) in [6, 6.07) is 0. The van der Waals surface area contributed by atoms with E-state index in [9.17, 15) is 5.11 Å². The molecule has 0 spiro atoms. The van der Waals surface area contributed by atoms with Gasteiger partial charge in [-0.3, -0.25) is 0 Å². The zero-order valence-electron chi connectivity index (χ0n) is 9.71. The average molecular weight is 245 g/mol. The highest BCUT2D eigenvalue weighted by atomic mass is 35.5. The van der Waals surface area contributed by atoms with Crippen LogP contribution in [0.1, 0.15) is 20.3 Å². The molecule has 0 bridgehead atoms. The molecule has 0 aromatic carbocycles. The molecule has 1 heterocycles. The molecule has 1 aromatic heterocycles. The summed E-state index contributed by atoms with van der Waals surface area (Å²) in [6.07, 6.45) is 2.17. The van der Waals surface area contributed by atoms with Crippen LogP contribution in [0.25, 0.3) is 0 Å². The summed E-state index contributed by atoms with van der Waals surface area (Å²) in [7, 11) is 1.73. The molecule has 0 amide bonds. The highest BCUT2D eigenvalue weighted by molar-refractivity contribution is 6.32. The van der Waals surface area contributed by atoms with E-state index in [0.29, 0.717) is 29.8 Å². The van der Waals surface area contributed by atoms with Crippen LogP contribution in [-0.2, 0) is 0 Å². The van der Waals surface area contributed by atoms with Crippen LogP contribution in [-0.4, -0.2) is 34.3 Å². The highest BCUT2D eigenvalue weighted by Crippen LogP contribution is 2.20. The van der Waals surface area contributed by atoms with Gasteiger partial charge in [0.2, 0.25) is 5.95 Å². The third-order valence-electron chi connectivity index (χ3n) is 2.37. The molecule has 1 rings (SSSR count). The Bertz CT molecular complexity index is 357. The second kappa shape index (κ2) is 5.32. The zero-order chi connectivity index (χ0) is 12.2. The van der Waals surface area contributed by atoms with Gasteiger partial charge in [-0.2, -0.15) is 4.98 Å². The van der Waals surface area contributed by atoms with E-state index in [4.69, 9.17) is 11.6 Å². The van der Waals surface area contributed by atoms with Crippen molar-refractivity contribution in [2.75, 3.05) is 24.2 Å². The van der Waals surface area contributed by atoms with Gasteiger partial charge in [-0.25, -0.2) is 4.98 Å². The summed E-state index contributed by atoms with van der Waals surface area (Å²) in [5, 5.41) is 16.1. The van der Waals surface area contributed by atoms with Crippen molar-refractivity contribution < 1.29 is 5.11 Å². The summed E-state index contributed by atoms with van der Waals surface area (Å²) in [5.41, 5.74) is -0.770. The van der Waals surface area contributed by atoms with Crippen molar-refractivity contribution in [2.24, 2.45) is 0 Å². The maximum Gasteiger partial charge on any atom is 0.224 e. The smallest absolute Gasteiger partial charge is 0.224 e. The van der Waals surface area contributed by atoms with Crippen LogP contribution in [0.15, 0.2) is 6.20 Å². The summed E-state index contributed by atoms with van der Waals surface area (Å²) < 4.78 is 0. The zero-order valence-corrected chi connectivity index (χ0v) is 10.5. The van der Waals surface area contributed by atoms with Crippen molar-refractivity contribution in [3.05, 3.63) is 11.2 Å². The van der Waals surface area contributed by atoms with Crippen LogP contribution < -0.4 is 10.6 Å². The van der Waals surface area contributed by atoms with Crippen LogP contribution >= 0.6 is 11.6 Å². The molecular weight excluding hydrogens is 228 g/mol. The Balaban J connectivity index is 2.73. The second-order valence-electron chi connectivity index (χ2n) is 3.84. The normalized spacial score (nSPS) is 14.3. The molecule has 0 fully saturated rings. The van der Waals surface area contributed by atoms with Gasteiger partial charge in [0, 0.05) is 13.6 Å². The Labute approximate surface area is 100 Å². The van der Waals surface area contributed by atoms with E-state index in [2.05, 4.69) is 20.6 Å². The molecule has 0 aliphatic carbocycles. The van der Waals surface area contributed by atoms with Crippen molar-refractivity contribution in [1.82, 2.24) is 9.97 Å². The number of rotatable bonds is 5. The number of aromatic nitrogens is 2. The van der Waals surface area contributed by atoms with Gasteiger partial charge in [-0.1, -0.05) is 18.5 Å². The Kier molecular flexibility index (Phi) is 4.32. The molecule has 6 heteroatoms. The van der Waals surface area contributed by atoms with Crippen molar-refractivity contribution in [3.63, 3.8) is 0 Å². The van der Waals surface area contributed by atoms with Gasteiger partial charge in [-0.05, 0) is 13.3 Å². The first-order valence-corrected chi connectivity index (χ1v) is 5.53. The molecule has 0 saturated heterocycles. The molecule has 1 aromatic rings. The predicted octanol–water partition coefficient (Wildman–Crippen LogP) is 1.74. The van der Waals surface area contributed by atoms with E-state index in [1.807, 2.05) is 6.92 Å². The monoisotopic (exact) mass is 244 g/mol. The Hall–Kier alpha value is -1.07. The number of anilines is 2. The van der Waals surface area contributed by atoms with Crippen molar-refractivity contribution >= 4 is 23.4 Å². The van der Waals surface area contributed by atoms with Gasteiger partial charge in [0.25, 0.3) is 0 Å². The Morgan fingerprint density at radius 3 is 2.81 bits per heavy atom. The lowest BCUT2D eigenvalue weighted by Crippen LogP contribution is -2.32. The van der Waals surface area contributed by atoms with Gasteiger partial charge in [0.05, 0.1) is 11.8 Å². The minimum atomic E-state index is -0.770. The molecule has 1 atom stereocenters. The van der Waals surface area contributed by atoms with Crippen molar-refractivity contribution in [3.8, 4) is 0 Å². The summed E-state index contributed by atoms with van der Waals surface area (Å²) in [5.74, 6) is 1.01. The largest absolute Gasteiger partial charge is 0.388 e. The van der Waals surface area contributed by atoms with Gasteiger partial charge < -0.3 is 15.7 Å². The van der Waals surface area contributed by atoms with Gasteiger partial charge in [0.15, 0.2) is 5.82 Å². The fourth-order valence-electron chi connectivity index (χ4n) is 1.01. The molecule has 3 N–H and O–H groups in total. The number of aliphatic hydroxyl groups is 1. The number of nitrogens with zero attached hydrogens (tertiary/aromatic N) is 2. The lowest BCUT2D eigenvalue weighted by atomic mass is 10.0. The summed E-state index contributed by atoms with van der Waals surface area (Å²) in [4.78, 5) is 8.12. The van der Waals surface area contributed by atoms with Gasteiger partial charge in [-0.15, -0.1) is 0 Å². The van der Waals surface area contributed by atoms with Crippen LogP contribution in [0.2, 0.25) is 5.02 Å². The first-order chi connectivity index (χ1) is 7.48. The quantitative estimate of drug-likeness (QED) is 0.736. The topological polar surface area (TPSA) is 70.1 Å². The van der Waals surface area contributed by atoms with Crippen LogP contribution in [0, 0.1) is 0 Å². The minimum Gasteiger partial charge on any atom is -0.388 e.